The summed E-state index contributed by atoms with van der Waals surface area (Å²) in [7, 11) is 0. The van der Waals surface area contributed by atoms with Crippen LogP contribution in [0.5, 0.6) is 0 Å². The Hall–Kier alpha value is -1.91. The van der Waals surface area contributed by atoms with E-state index in [1.807, 2.05) is 19.1 Å². The van der Waals surface area contributed by atoms with Crippen molar-refractivity contribution in [3.8, 4) is 0 Å². The Morgan fingerprint density at radius 1 is 1.29 bits per heavy atom. The first-order valence-electron chi connectivity index (χ1n) is 5.57. The number of hydrogen-bond acceptors (Lipinski definition) is 3. The van der Waals surface area contributed by atoms with Crippen LogP contribution in [0.15, 0.2) is 18.3 Å². The highest BCUT2D eigenvalue weighted by molar-refractivity contribution is 6.07. The number of carbonyl (C=O) groups excluding carboxylic acids is 2. The zero-order valence-electron chi connectivity index (χ0n) is 10.1. The second kappa shape index (κ2) is 4.16. The smallest absolute Gasteiger partial charge is 0.250 e. The number of pyridine rings is 1. The molecule has 17 heavy (non-hydrogen) atoms. The van der Waals surface area contributed by atoms with Crippen LogP contribution >= 0.6 is 0 Å². The predicted molar refractivity (Wildman–Crippen MR) is 63.5 cm³/mol. The number of carbonyl (C=O) groups is 2. The number of piperazine rings is 1. The van der Waals surface area contributed by atoms with Crippen molar-refractivity contribution in [3.63, 3.8) is 0 Å². The van der Waals surface area contributed by atoms with Gasteiger partial charge in [-0.3, -0.25) is 19.5 Å². The number of rotatable bonds is 1. The van der Waals surface area contributed by atoms with E-state index in [1.165, 1.54) is 4.90 Å². The van der Waals surface area contributed by atoms with Crippen LogP contribution in [0.1, 0.15) is 19.5 Å². The number of amides is 2. The summed E-state index contributed by atoms with van der Waals surface area (Å²) in [5.41, 5.74) is 1.54. The van der Waals surface area contributed by atoms with Crippen LogP contribution in [0.3, 0.4) is 0 Å². The lowest BCUT2D eigenvalue weighted by Crippen LogP contribution is -2.61. The van der Waals surface area contributed by atoms with Gasteiger partial charge in [-0.15, -0.1) is 0 Å². The molecular weight excluding hydrogens is 218 g/mol. The van der Waals surface area contributed by atoms with Crippen LogP contribution in [0.4, 0.5) is 5.69 Å². The summed E-state index contributed by atoms with van der Waals surface area (Å²) in [4.78, 5) is 29.4. The standard InChI is InChI=1S/C12H15N3O2/c1-7-4-5-10(6-13-7)15-9(3)11(16)14-8(2)12(15)17/h4-6,8-9H,1-3H3,(H,14,16). The summed E-state index contributed by atoms with van der Waals surface area (Å²) in [5, 5.41) is 2.64. The predicted octanol–water partition coefficient (Wildman–Crippen LogP) is 0.630. The minimum atomic E-state index is -0.497. The first kappa shape index (κ1) is 11.6. The van der Waals surface area contributed by atoms with E-state index in [-0.39, 0.29) is 11.8 Å². The first-order chi connectivity index (χ1) is 8.00. The van der Waals surface area contributed by atoms with E-state index in [1.54, 1.807) is 20.0 Å². The highest BCUT2D eigenvalue weighted by Gasteiger charge is 2.36. The molecule has 1 N–H and O–H groups in total. The first-order valence-corrected chi connectivity index (χ1v) is 5.57. The van der Waals surface area contributed by atoms with Crippen molar-refractivity contribution in [2.24, 2.45) is 0 Å². The molecule has 0 radical (unpaired) electrons. The maximum absolute atomic E-state index is 12.1. The van der Waals surface area contributed by atoms with Gasteiger partial charge >= 0.3 is 0 Å². The minimum Gasteiger partial charge on any atom is -0.343 e. The molecule has 0 saturated carbocycles. The van der Waals surface area contributed by atoms with Crippen molar-refractivity contribution in [1.82, 2.24) is 10.3 Å². The number of aryl methyl sites for hydroxylation is 1. The van der Waals surface area contributed by atoms with Crippen LogP contribution in [-0.2, 0) is 9.59 Å². The Labute approximate surface area is 99.8 Å². The van der Waals surface area contributed by atoms with Crippen LogP contribution in [0, 0.1) is 6.92 Å². The molecule has 2 heterocycles. The van der Waals surface area contributed by atoms with Gasteiger partial charge in [-0.05, 0) is 32.9 Å². The monoisotopic (exact) mass is 233 g/mol. The molecule has 1 saturated heterocycles. The van der Waals surface area contributed by atoms with Gasteiger partial charge in [0.15, 0.2) is 0 Å². The summed E-state index contributed by atoms with van der Waals surface area (Å²) >= 11 is 0. The molecule has 5 heteroatoms. The maximum Gasteiger partial charge on any atom is 0.250 e. The topological polar surface area (TPSA) is 62.3 Å². The molecule has 0 bridgehead atoms. The summed E-state index contributed by atoms with van der Waals surface area (Å²) in [6.07, 6.45) is 1.62. The van der Waals surface area contributed by atoms with Crippen LogP contribution in [0.2, 0.25) is 0 Å². The molecule has 0 aliphatic carbocycles. The number of hydrogen-bond donors (Lipinski definition) is 1. The molecule has 1 aromatic heterocycles. The number of aromatic nitrogens is 1. The fourth-order valence-corrected chi connectivity index (χ4v) is 1.87. The van der Waals surface area contributed by atoms with E-state index in [2.05, 4.69) is 10.3 Å². The van der Waals surface area contributed by atoms with Gasteiger partial charge in [-0.25, -0.2) is 0 Å². The van der Waals surface area contributed by atoms with Crippen LogP contribution in [0.25, 0.3) is 0 Å². The number of anilines is 1. The highest BCUT2D eigenvalue weighted by atomic mass is 16.2. The molecule has 5 nitrogen and oxygen atoms in total. The van der Waals surface area contributed by atoms with E-state index in [0.29, 0.717) is 5.69 Å². The molecular formula is C12H15N3O2. The fraction of sp³-hybridized carbons (Fsp3) is 0.417. The zero-order chi connectivity index (χ0) is 12.6. The Morgan fingerprint density at radius 3 is 2.59 bits per heavy atom. The van der Waals surface area contributed by atoms with Crippen molar-refractivity contribution in [2.45, 2.75) is 32.9 Å². The quantitative estimate of drug-likeness (QED) is 0.774. The Kier molecular flexibility index (Phi) is 2.83. The SMILES string of the molecule is Cc1ccc(N2C(=O)C(C)NC(=O)C2C)cn1. The average Bonchev–Trinajstić information content (AvgIpc) is 2.29. The molecule has 1 aromatic rings. The maximum atomic E-state index is 12.1. The highest BCUT2D eigenvalue weighted by Crippen LogP contribution is 2.20. The molecule has 1 aliphatic heterocycles. The van der Waals surface area contributed by atoms with E-state index < -0.39 is 12.1 Å². The second-order valence-corrected chi connectivity index (χ2v) is 4.27. The normalized spacial score (nSPS) is 24.8. The number of nitrogens with zero attached hydrogens (tertiary/aromatic N) is 2. The van der Waals surface area contributed by atoms with Crippen molar-refractivity contribution < 1.29 is 9.59 Å². The molecule has 2 unspecified atom stereocenters. The lowest BCUT2D eigenvalue weighted by Gasteiger charge is -2.35. The molecule has 1 fully saturated rings. The molecule has 2 rings (SSSR count). The van der Waals surface area contributed by atoms with Gasteiger partial charge < -0.3 is 5.32 Å². The molecule has 1 aliphatic rings. The van der Waals surface area contributed by atoms with E-state index in [9.17, 15) is 9.59 Å². The summed E-state index contributed by atoms with van der Waals surface area (Å²) in [6.45, 7) is 5.26. The molecule has 0 aromatic carbocycles. The molecule has 90 valence electrons. The summed E-state index contributed by atoms with van der Waals surface area (Å²) in [6, 6.07) is 2.65. The Bertz CT molecular complexity index is 455. The zero-order valence-corrected chi connectivity index (χ0v) is 10.1. The molecule has 0 spiro atoms. The lowest BCUT2D eigenvalue weighted by atomic mass is 10.1. The van der Waals surface area contributed by atoms with Crippen molar-refractivity contribution in [2.75, 3.05) is 4.90 Å². The van der Waals surface area contributed by atoms with E-state index >= 15 is 0 Å². The van der Waals surface area contributed by atoms with Gasteiger partial charge in [-0.2, -0.15) is 0 Å². The van der Waals surface area contributed by atoms with Gasteiger partial charge in [-0.1, -0.05) is 0 Å². The third kappa shape index (κ3) is 2.00. The van der Waals surface area contributed by atoms with Crippen molar-refractivity contribution >= 4 is 17.5 Å². The van der Waals surface area contributed by atoms with Gasteiger partial charge in [0.2, 0.25) is 11.8 Å². The third-order valence-corrected chi connectivity index (χ3v) is 2.91. The minimum absolute atomic E-state index is 0.109. The Morgan fingerprint density at radius 2 is 2.00 bits per heavy atom. The molecule has 2 amide bonds. The summed E-state index contributed by atoms with van der Waals surface area (Å²) < 4.78 is 0. The van der Waals surface area contributed by atoms with Crippen LogP contribution in [-0.4, -0.2) is 28.9 Å². The van der Waals surface area contributed by atoms with E-state index in [0.717, 1.165) is 5.69 Å². The lowest BCUT2D eigenvalue weighted by molar-refractivity contribution is -0.133. The fourth-order valence-electron chi connectivity index (χ4n) is 1.87. The van der Waals surface area contributed by atoms with E-state index in [4.69, 9.17) is 0 Å². The Balaban J connectivity index is 2.37. The summed E-state index contributed by atoms with van der Waals surface area (Å²) in [5.74, 6) is -0.250. The third-order valence-electron chi connectivity index (χ3n) is 2.91. The van der Waals surface area contributed by atoms with Gasteiger partial charge in [0.05, 0.1) is 11.9 Å². The van der Waals surface area contributed by atoms with Crippen molar-refractivity contribution in [1.29, 1.82) is 0 Å². The average molecular weight is 233 g/mol. The van der Waals surface area contributed by atoms with Crippen molar-refractivity contribution in [3.05, 3.63) is 24.0 Å². The second-order valence-electron chi connectivity index (χ2n) is 4.27. The van der Waals surface area contributed by atoms with Gasteiger partial charge in [0.25, 0.3) is 0 Å². The largest absolute Gasteiger partial charge is 0.343 e. The number of nitrogens with one attached hydrogen (secondary N) is 1. The van der Waals surface area contributed by atoms with Gasteiger partial charge in [0, 0.05) is 5.69 Å². The van der Waals surface area contributed by atoms with Gasteiger partial charge in [0.1, 0.15) is 12.1 Å². The molecule has 2 atom stereocenters. The van der Waals surface area contributed by atoms with Crippen LogP contribution < -0.4 is 10.2 Å².